The topological polar surface area (TPSA) is 51.0 Å². The van der Waals surface area contributed by atoms with Crippen molar-refractivity contribution in [3.05, 3.63) is 11.7 Å². The van der Waals surface area contributed by atoms with E-state index in [2.05, 4.69) is 38.2 Å². The zero-order valence-corrected chi connectivity index (χ0v) is 13.9. The second-order valence-corrected chi connectivity index (χ2v) is 8.36. The van der Waals surface area contributed by atoms with Crippen molar-refractivity contribution in [2.45, 2.75) is 71.1 Å². The Morgan fingerprint density at radius 1 is 1.19 bits per heavy atom. The van der Waals surface area contributed by atoms with E-state index in [1.807, 2.05) is 0 Å². The molecule has 0 radical (unpaired) electrons. The summed E-state index contributed by atoms with van der Waals surface area (Å²) in [7, 11) is 0. The van der Waals surface area contributed by atoms with E-state index in [4.69, 9.17) is 9.51 Å². The van der Waals surface area contributed by atoms with E-state index in [0.29, 0.717) is 11.3 Å². The summed E-state index contributed by atoms with van der Waals surface area (Å²) in [6.07, 6.45) is 6.07. The Morgan fingerprint density at radius 3 is 2.48 bits per heavy atom. The molecule has 1 aromatic heterocycles. The molecule has 1 saturated heterocycles. The van der Waals surface area contributed by atoms with Gasteiger partial charge in [-0.05, 0) is 56.9 Å². The predicted octanol–water partition coefficient (Wildman–Crippen LogP) is 3.64. The first-order valence-corrected chi connectivity index (χ1v) is 8.43. The van der Waals surface area contributed by atoms with Crippen molar-refractivity contribution in [3.8, 4) is 0 Å². The average Bonchev–Trinajstić information content (AvgIpc) is 3.07. The first-order chi connectivity index (χ1) is 9.88. The molecule has 2 heterocycles. The predicted molar refractivity (Wildman–Crippen MR) is 83.3 cm³/mol. The molecular formula is C17H29N3O. The second-order valence-electron chi connectivity index (χ2n) is 8.36. The smallest absolute Gasteiger partial charge is 0.233 e. The van der Waals surface area contributed by atoms with E-state index in [1.54, 1.807) is 0 Å². The van der Waals surface area contributed by atoms with Gasteiger partial charge in [-0.1, -0.05) is 25.9 Å². The van der Waals surface area contributed by atoms with Crippen molar-refractivity contribution in [1.29, 1.82) is 0 Å². The SMILES string of the molecule is CC1(c2nc(C3CCC(C(C)(C)C)CC3)no2)CCNC1. The molecule has 1 atom stereocenters. The van der Waals surface area contributed by atoms with Gasteiger partial charge in [-0.25, -0.2) is 0 Å². The molecule has 1 aromatic rings. The van der Waals surface area contributed by atoms with Crippen LogP contribution in [-0.2, 0) is 5.41 Å². The third-order valence-electron chi connectivity index (χ3n) is 5.64. The Bertz CT molecular complexity index is 474. The van der Waals surface area contributed by atoms with E-state index in [1.165, 1.54) is 25.7 Å². The lowest BCUT2D eigenvalue weighted by Crippen LogP contribution is -2.26. The van der Waals surface area contributed by atoms with Gasteiger partial charge in [-0.15, -0.1) is 0 Å². The summed E-state index contributed by atoms with van der Waals surface area (Å²) < 4.78 is 5.60. The highest BCUT2D eigenvalue weighted by Crippen LogP contribution is 2.42. The molecule has 1 unspecified atom stereocenters. The van der Waals surface area contributed by atoms with Crippen LogP contribution < -0.4 is 5.32 Å². The van der Waals surface area contributed by atoms with Crippen LogP contribution in [0.2, 0.25) is 0 Å². The minimum Gasteiger partial charge on any atom is -0.339 e. The number of hydrogen-bond acceptors (Lipinski definition) is 4. The number of rotatable bonds is 2. The fraction of sp³-hybridized carbons (Fsp3) is 0.882. The highest BCUT2D eigenvalue weighted by molar-refractivity contribution is 5.09. The first-order valence-electron chi connectivity index (χ1n) is 8.43. The molecule has 4 heteroatoms. The lowest BCUT2D eigenvalue weighted by Gasteiger charge is -2.36. The van der Waals surface area contributed by atoms with Crippen LogP contribution in [0.1, 0.15) is 77.4 Å². The molecule has 0 bridgehead atoms. The number of nitrogens with one attached hydrogen (secondary N) is 1. The Morgan fingerprint density at radius 2 is 1.90 bits per heavy atom. The quantitative estimate of drug-likeness (QED) is 0.904. The molecule has 4 nitrogen and oxygen atoms in total. The lowest BCUT2D eigenvalue weighted by molar-refractivity contribution is 0.166. The molecule has 2 fully saturated rings. The molecule has 0 aromatic carbocycles. The number of nitrogens with zero attached hydrogens (tertiary/aromatic N) is 2. The van der Waals surface area contributed by atoms with Gasteiger partial charge >= 0.3 is 0 Å². The molecule has 1 aliphatic heterocycles. The first kappa shape index (κ1) is 15.0. The molecular weight excluding hydrogens is 262 g/mol. The summed E-state index contributed by atoms with van der Waals surface area (Å²) in [5, 5.41) is 7.70. The van der Waals surface area contributed by atoms with Crippen molar-refractivity contribution in [3.63, 3.8) is 0 Å². The Balaban J connectivity index is 1.65. The molecule has 0 spiro atoms. The maximum absolute atomic E-state index is 5.60. The van der Waals surface area contributed by atoms with Crippen molar-refractivity contribution in [2.75, 3.05) is 13.1 Å². The van der Waals surface area contributed by atoms with Crippen molar-refractivity contribution in [2.24, 2.45) is 11.3 Å². The highest BCUT2D eigenvalue weighted by atomic mass is 16.5. The summed E-state index contributed by atoms with van der Waals surface area (Å²) in [4.78, 5) is 4.76. The van der Waals surface area contributed by atoms with Gasteiger partial charge in [0.05, 0.1) is 5.41 Å². The summed E-state index contributed by atoms with van der Waals surface area (Å²) in [5.74, 6) is 3.11. The largest absolute Gasteiger partial charge is 0.339 e. The number of hydrogen-bond donors (Lipinski definition) is 1. The molecule has 21 heavy (non-hydrogen) atoms. The van der Waals surface area contributed by atoms with E-state index < -0.39 is 0 Å². The summed E-state index contributed by atoms with van der Waals surface area (Å²) in [6.45, 7) is 11.3. The molecule has 1 N–H and O–H groups in total. The molecule has 1 aliphatic carbocycles. The average molecular weight is 291 g/mol. The zero-order valence-electron chi connectivity index (χ0n) is 13.9. The van der Waals surface area contributed by atoms with E-state index in [9.17, 15) is 0 Å². The Labute approximate surface area is 128 Å². The van der Waals surface area contributed by atoms with Crippen LogP contribution in [0, 0.1) is 11.3 Å². The normalized spacial score (nSPS) is 34.3. The van der Waals surface area contributed by atoms with Crippen LogP contribution in [0.5, 0.6) is 0 Å². The maximum atomic E-state index is 5.60. The maximum Gasteiger partial charge on any atom is 0.233 e. The van der Waals surface area contributed by atoms with Crippen LogP contribution >= 0.6 is 0 Å². The van der Waals surface area contributed by atoms with Gasteiger partial charge in [-0.3, -0.25) is 0 Å². The molecule has 2 aliphatic rings. The Kier molecular flexibility index (Phi) is 3.85. The summed E-state index contributed by atoms with van der Waals surface area (Å²) in [6, 6.07) is 0. The molecule has 118 valence electrons. The van der Waals surface area contributed by atoms with Crippen LogP contribution in [0.15, 0.2) is 4.52 Å². The van der Waals surface area contributed by atoms with Gasteiger partial charge in [0.25, 0.3) is 0 Å². The van der Waals surface area contributed by atoms with Crippen molar-refractivity contribution >= 4 is 0 Å². The Hall–Kier alpha value is -0.900. The standard InChI is InChI=1S/C17H29N3O/c1-16(2,3)13-7-5-12(6-8-13)14-19-15(21-20-14)17(4)9-10-18-11-17/h12-13,18H,5-11H2,1-4H3. The third-order valence-corrected chi connectivity index (χ3v) is 5.64. The van der Waals surface area contributed by atoms with Crippen molar-refractivity contribution in [1.82, 2.24) is 15.5 Å². The highest BCUT2D eigenvalue weighted by Gasteiger charge is 2.37. The van der Waals surface area contributed by atoms with E-state index in [0.717, 1.165) is 37.1 Å². The fourth-order valence-electron chi connectivity index (χ4n) is 3.86. The fourth-order valence-corrected chi connectivity index (χ4v) is 3.86. The van der Waals surface area contributed by atoms with Crippen molar-refractivity contribution < 1.29 is 4.52 Å². The van der Waals surface area contributed by atoms with Gasteiger partial charge in [-0.2, -0.15) is 4.98 Å². The second kappa shape index (κ2) is 5.38. The third kappa shape index (κ3) is 3.01. The van der Waals surface area contributed by atoms with Gasteiger partial charge < -0.3 is 9.84 Å². The van der Waals surface area contributed by atoms with Crippen LogP contribution in [0.25, 0.3) is 0 Å². The van der Waals surface area contributed by atoms with Gasteiger partial charge in [0.1, 0.15) is 0 Å². The molecule has 0 amide bonds. The summed E-state index contributed by atoms with van der Waals surface area (Å²) >= 11 is 0. The van der Waals surface area contributed by atoms with Gasteiger partial charge in [0.2, 0.25) is 5.89 Å². The van der Waals surface area contributed by atoms with E-state index in [-0.39, 0.29) is 5.41 Å². The van der Waals surface area contributed by atoms with Crippen LogP contribution in [-0.4, -0.2) is 23.2 Å². The van der Waals surface area contributed by atoms with Gasteiger partial charge in [0.15, 0.2) is 5.82 Å². The number of aromatic nitrogens is 2. The van der Waals surface area contributed by atoms with Crippen LogP contribution in [0.3, 0.4) is 0 Å². The minimum absolute atomic E-state index is 0.0356. The van der Waals surface area contributed by atoms with Gasteiger partial charge in [0, 0.05) is 12.5 Å². The monoisotopic (exact) mass is 291 g/mol. The zero-order chi connectivity index (χ0) is 15.1. The van der Waals surface area contributed by atoms with E-state index >= 15 is 0 Å². The lowest BCUT2D eigenvalue weighted by atomic mass is 9.70. The minimum atomic E-state index is 0.0356. The van der Waals surface area contributed by atoms with Crippen LogP contribution in [0.4, 0.5) is 0 Å². The molecule has 3 rings (SSSR count). The molecule has 1 saturated carbocycles. The summed E-state index contributed by atoms with van der Waals surface area (Å²) in [5.41, 5.74) is 0.463.